The van der Waals surface area contributed by atoms with Gasteiger partial charge in [0.1, 0.15) is 5.84 Å². The fourth-order valence-corrected chi connectivity index (χ4v) is 2.47. The molecule has 0 atom stereocenters. The average molecular weight is 212 g/mol. The van der Waals surface area contributed by atoms with E-state index < -0.39 is 0 Å². The monoisotopic (exact) mass is 212 g/mol. The highest BCUT2D eigenvalue weighted by molar-refractivity contribution is 5.93. The van der Waals surface area contributed by atoms with Crippen LogP contribution in [0, 0.1) is 0 Å². The molecule has 0 unspecified atom stereocenters. The zero-order valence-electron chi connectivity index (χ0n) is 9.83. The Kier molecular flexibility index (Phi) is 1.79. The van der Waals surface area contributed by atoms with E-state index in [0.717, 1.165) is 18.7 Å². The molecule has 0 bridgehead atoms. The maximum atomic E-state index is 4.74. The molecule has 2 aliphatic rings. The minimum absolute atomic E-state index is 0.0480. The summed E-state index contributed by atoms with van der Waals surface area (Å²) >= 11 is 0. The summed E-state index contributed by atoms with van der Waals surface area (Å²) in [5.41, 5.74) is 3.75. The molecule has 0 N–H and O–H groups in total. The van der Waals surface area contributed by atoms with Gasteiger partial charge in [-0.1, -0.05) is 24.8 Å². The highest BCUT2D eigenvalue weighted by atomic mass is 15.3. The Morgan fingerprint density at radius 3 is 2.88 bits per heavy atom. The van der Waals surface area contributed by atoms with Gasteiger partial charge in [-0.15, -0.1) is 0 Å². The van der Waals surface area contributed by atoms with Gasteiger partial charge < -0.3 is 4.90 Å². The van der Waals surface area contributed by atoms with Crippen LogP contribution in [0.25, 0.3) is 0 Å². The average Bonchev–Trinajstić information content (AvgIpc) is 2.48. The van der Waals surface area contributed by atoms with Gasteiger partial charge in [-0.2, -0.15) is 0 Å². The second kappa shape index (κ2) is 2.97. The van der Waals surface area contributed by atoms with Crippen LogP contribution in [0.4, 0.5) is 5.69 Å². The van der Waals surface area contributed by atoms with Gasteiger partial charge in [0.25, 0.3) is 0 Å². The summed E-state index contributed by atoms with van der Waals surface area (Å²) in [5.74, 6) is 1.17. The molecule has 0 radical (unpaired) electrons. The van der Waals surface area contributed by atoms with Crippen LogP contribution < -0.4 is 0 Å². The third-order valence-electron chi connectivity index (χ3n) is 3.79. The van der Waals surface area contributed by atoms with E-state index >= 15 is 0 Å². The molecule has 1 saturated heterocycles. The number of benzene rings is 1. The van der Waals surface area contributed by atoms with E-state index in [1.54, 1.807) is 0 Å². The molecule has 0 spiro atoms. The molecule has 2 aliphatic heterocycles. The number of hydrogen-bond acceptors (Lipinski definition) is 2. The van der Waals surface area contributed by atoms with E-state index in [1.165, 1.54) is 17.0 Å². The Morgan fingerprint density at radius 1 is 1.31 bits per heavy atom. The van der Waals surface area contributed by atoms with E-state index in [9.17, 15) is 0 Å². The zero-order chi connectivity index (χ0) is 11.3. The Labute approximate surface area is 96.3 Å². The summed E-state index contributed by atoms with van der Waals surface area (Å²) in [6.45, 7) is 9.59. The topological polar surface area (TPSA) is 15.6 Å². The zero-order valence-corrected chi connectivity index (χ0v) is 9.83. The maximum Gasteiger partial charge on any atom is 0.110 e. The summed E-state index contributed by atoms with van der Waals surface area (Å²) in [5, 5.41) is 0. The number of amidine groups is 1. The number of nitrogens with zero attached hydrogens (tertiary/aromatic N) is 2. The van der Waals surface area contributed by atoms with Crippen LogP contribution in [0.2, 0.25) is 0 Å². The summed E-state index contributed by atoms with van der Waals surface area (Å²) < 4.78 is 0. The highest BCUT2D eigenvalue weighted by Crippen LogP contribution is 2.40. The van der Waals surface area contributed by atoms with Gasteiger partial charge in [-0.3, -0.25) is 0 Å². The van der Waals surface area contributed by atoms with Crippen molar-refractivity contribution in [2.24, 2.45) is 4.99 Å². The minimum atomic E-state index is 0.0480. The largest absolute Gasteiger partial charge is 0.347 e. The standard InChI is InChI=1S/C14H16N2/c1-10-8-13-15-12-7-5-4-6-11(12)9-16(13)14(10,2)3/h4-7H,1,8-9H2,2-3H3. The number of aliphatic imine (C=N–C) groups is 1. The molecule has 16 heavy (non-hydrogen) atoms. The van der Waals surface area contributed by atoms with E-state index in [-0.39, 0.29) is 5.54 Å². The van der Waals surface area contributed by atoms with Crippen molar-refractivity contribution in [3.63, 3.8) is 0 Å². The van der Waals surface area contributed by atoms with Gasteiger partial charge in [-0.25, -0.2) is 4.99 Å². The molecule has 1 fully saturated rings. The lowest BCUT2D eigenvalue weighted by atomic mass is 9.96. The summed E-state index contributed by atoms with van der Waals surface area (Å²) in [7, 11) is 0. The Balaban J connectivity index is 2.11. The SMILES string of the molecule is C=C1CC2=Nc3ccccc3CN2C1(C)C. The minimum Gasteiger partial charge on any atom is -0.347 e. The van der Waals surface area contributed by atoms with E-state index in [0.29, 0.717) is 0 Å². The van der Waals surface area contributed by atoms with Gasteiger partial charge in [0.2, 0.25) is 0 Å². The van der Waals surface area contributed by atoms with Crippen LogP contribution in [0.1, 0.15) is 25.8 Å². The Hall–Kier alpha value is -1.57. The van der Waals surface area contributed by atoms with Crippen molar-refractivity contribution in [1.82, 2.24) is 4.90 Å². The van der Waals surface area contributed by atoms with E-state index in [2.05, 4.69) is 43.5 Å². The predicted octanol–water partition coefficient (Wildman–Crippen LogP) is 3.27. The van der Waals surface area contributed by atoms with Crippen LogP contribution in [0.5, 0.6) is 0 Å². The molecule has 0 amide bonds. The molecule has 1 aromatic carbocycles. The first-order valence-corrected chi connectivity index (χ1v) is 5.70. The number of rotatable bonds is 0. The van der Waals surface area contributed by atoms with Gasteiger partial charge in [0, 0.05) is 13.0 Å². The molecule has 2 heterocycles. The van der Waals surface area contributed by atoms with E-state index in [1.807, 2.05) is 6.07 Å². The van der Waals surface area contributed by atoms with Crippen molar-refractivity contribution < 1.29 is 0 Å². The lowest BCUT2D eigenvalue weighted by Gasteiger charge is -2.36. The first-order chi connectivity index (χ1) is 7.59. The number of para-hydroxylation sites is 1. The smallest absolute Gasteiger partial charge is 0.110 e. The van der Waals surface area contributed by atoms with Gasteiger partial charge in [0.15, 0.2) is 0 Å². The second-order valence-electron chi connectivity index (χ2n) is 5.08. The second-order valence-corrected chi connectivity index (χ2v) is 5.08. The predicted molar refractivity (Wildman–Crippen MR) is 66.9 cm³/mol. The summed E-state index contributed by atoms with van der Waals surface area (Å²) in [6.07, 6.45) is 0.918. The van der Waals surface area contributed by atoms with Crippen LogP contribution in [-0.2, 0) is 6.54 Å². The van der Waals surface area contributed by atoms with Gasteiger partial charge in [-0.05, 0) is 31.1 Å². The maximum absolute atomic E-state index is 4.74. The summed E-state index contributed by atoms with van der Waals surface area (Å²) in [6, 6.07) is 8.38. The molecule has 0 saturated carbocycles. The lowest BCUT2D eigenvalue weighted by molar-refractivity contribution is 0.269. The lowest BCUT2D eigenvalue weighted by Crippen LogP contribution is -2.41. The summed E-state index contributed by atoms with van der Waals surface area (Å²) in [4.78, 5) is 7.11. The Bertz CT molecular complexity index is 497. The van der Waals surface area contributed by atoms with Crippen LogP contribution in [0.3, 0.4) is 0 Å². The number of hydrogen-bond donors (Lipinski definition) is 0. The van der Waals surface area contributed by atoms with Crippen molar-refractivity contribution in [3.8, 4) is 0 Å². The molecule has 2 nitrogen and oxygen atoms in total. The van der Waals surface area contributed by atoms with Crippen LogP contribution in [-0.4, -0.2) is 16.3 Å². The van der Waals surface area contributed by atoms with Gasteiger partial charge >= 0.3 is 0 Å². The Morgan fingerprint density at radius 2 is 2.06 bits per heavy atom. The van der Waals surface area contributed by atoms with Crippen molar-refractivity contribution in [2.45, 2.75) is 32.4 Å². The molecule has 0 aromatic heterocycles. The third kappa shape index (κ3) is 1.16. The normalized spacial score (nSPS) is 21.5. The molecular formula is C14H16N2. The first-order valence-electron chi connectivity index (χ1n) is 5.70. The fourth-order valence-electron chi connectivity index (χ4n) is 2.47. The molecule has 3 rings (SSSR count). The number of fused-ring (bicyclic) bond motifs is 2. The quantitative estimate of drug-likeness (QED) is 0.603. The van der Waals surface area contributed by atoms with Crippen molar-refractivity contribution in [1.29, 1.82) is 0 Å². The molecule has 1 aromatic rings. The fraction of sp³-hybridized carbons (Fsp3) is 0.357. The van der Waals surface area contributed by atoms with Crippen LogP contribution >= 0.6 is 0 Å². The molecule has 82 valence electrons. The van der Waals surface area contributed by atoms with Gasteiger partial charge in [0.05, 0.1) is 11.2 Å². The van der Waals surface area contributed by atoms with Crippen LogP contribution in [0.15, 0.2) is 41.4 Å². The molecule has 0 aliphatic carbocycles. The van der Waals surface area contributed by atoms with Crippen molar-refractivity contribution in [3.05, 3.63) is 42.0 Å². The van der Waals surface area contributed by atoms with Crippen molar-refractivity contribution >= 4 is 11.5 Å². The highest BCUT2D eigenvalue weighted by Gasteiger charge is 2.40. The first kappa shape index (κ1) is 9.64. The van der Waals surface area contributed by atoms with E-state index in [4.69, 9.17) is 4.99 Å². The third-order valence-corrected chi connectivity index (χ3v) is 3.79. The molecular weight excluding hydrogens is 196 g/mol. The molecule has 2 heteroatoms. The van der Waals surface area contributed by atoms with Crippen molar-refractivity contribution in [2.75, 3.05) is 0 Å².